The topological polar surface area (TPSA) is 12.0 Å². The molecule has 2 fully saturated rings. The van der Waals surface area contributed by atoms with E-state index < -0.39 is 0 Å². The highest BCUT2D eigenvalue weighted by Gasteiger charge is 2.29. The minimum Gasteiger partial charge on any atom is -0.313 e. The van der Waals surface area contributed by atoms with Crippen molar-refractivity contribution in [1.29, 1.82) is 0 Å². The molecule has 0 amide bonds. The van der Waals surface area contributed by atoms with Crippen LogP contribution in [0.15, 0.2) is 0 Å². The van der Waals surface area contributed by atoms with Gasteiger partial charge in [0, 0.05) is 11.8 Å². The van der Waals surface area contributed by atoms with E-state index >= 15 is 0 Å². The van der Waals surface area contributed by atoms with Crippen LogP contribution in [0, 0.1) is 17.3 Å². The Balaban J connectivity index is 1.65. The molecule has 1 unspecified atom stereocenters. The fraction of sp³-hybridized carbons (Fsp3) is 1.00. The highest BCUT2D eigenvalue weighted by molar-refractivity contribution is 7.99. The predicted octanol–water partition coefficient (Wildman–Crippen LogP) is 3.93. The molecule has 0 aromatic carbocycles. The van der Waals surface area contributed by atoms with Gasteiger partial charge in [0.1, 0.15) is 0 Å². The first-order valence-electron chi connectivity index (χ1n) is 7.37. The van der Waals surface area contributed by atoms with Crippen molar-refractivity contribution in [2.75, 3.05) is 18.1 Å². The third kappa shape index (κ3) is 4.17. The first kappa shape index (κ1) is 13.7. The van der Waals surface area contributed by atoms with Crippen LogP contribution >= 0.6 is 11.8 Å². The fourth-order valence-corrected chi connectivity index (χ4v) is 4.45. The molecule has 100 valence electrons. The molecule has 0 radical (unpaired) electrons. The number of nitrogens with one attached hydrogen (secondary N) is 1. The average Bonchev–Trinajstić information content (AvgIpc) is 2.78. The van der Waals surface area contributed by atoms with Crippen LogP contribution in [0.25, 0.3) is 0 Å². The van der Waals surface area contributed by atoms with E-state index in [-0.39, 0.29) is 0 Å². The van der Waals surface area contributed by atoms with Crippen molar-refractivity contribution in [3.8, 4) is 0 Å². The Bertz CT molecular complexity index is 220. The lowest BCUT2D eigenvalue weighted by molar-refractivity contribution is 0.148. The maximum absolute atomic E-state index is 3.78. The minimum absolute atomic E-state index is 0.528. The molecule has 0 spiro atoms. The first-order chi connectivity index (χ1) is 8.05. The number of thioether (sulfide) groups is 1. The Kier molecular flexibility index (Phi) is 4.82. The lowest BCUT2D eigenvalue weighted by atomic mass is 9.70. The van der Waals surface area contributed by atoms with E-state index in [9.17, 15) is 0 Å². The Morgan fingerprint density at radius 1 is 1.06 bits per heavy atom. The van der Waals surface area contributed by atoms with Gasteiger partial charge in [0.25, 0.3) is 0 Å². The van der Waals surface area contributed by atoms with Crippen molar-refractivity contribution in [3.63, 3.8) is 0 Å². The van der Waals surface area contributed by atoms with Gasteiger partial charge in [0.05, 0.1) is 0 Å². The quantitative estimate of drug-likeness (QED) is 0.820. The van der Waals surface area contributed by atoms with Crippen LogP contribution in [-0.4, -0.2) is 24.1 Å². The second kappa shape index (κ2) is 5.97. The van der Waals surface area contributed by atoms with E-state index in [0.717, 1.165) is 17.9 Å². The van der Waals surface area contributed by atoms with E-state index in [0.29, 0.717) is 5.41 Å². The van der Waals surface area contributed by atoms with Crippen molar-refractivity contribution in [3.05, 3.63) is 0 Å². The Morgan fingerprint density at radius 3 is 2.29 bits per heavy atom. The highest BCUT2D eigenvalue weighted by atomic mass is 32.2. The monoisotopic (exact) mass is 255 g/mol. The predicted molar refractivity (Wildman–Crippen MR) is 78.6 cm³/mol. The number of rotatable bonds is 3. The van der Waals surface area contributed by atoms with Gasteiger partial charge in [-0.15, -0.1) is 0 Å². The summed E-state index contributed by atoms with van der Waals surface area (Å²) in [5.74, 6) is 4.63. The molecule has 0 bridgehead atoms. The molecule has 1 atom stereocenters. The van der Waals surface area contributed by atoms with Crippen molar-refractivity contribution in [1.82, 2.24) is 5.32 Å². The van der Waals surface area contributed by atoms with Gasteiger partial charge in [-0.2, -0.15) is 11.8 Å². The molecular weight excluding hydrogens is 226 g/mol. The largest absolute Gasteiger partial charge is 0.313 e. The second-order valence-corrected chi connectivity index (χ2v) is 8.20. The maximum Gasteiger partial charge on any atom is 0.0166 e. The standard InChI is InChI=1S/C15H29NS/c1-15(2,3)13-6-4-12(5-7-13)10-16-14-8-9-17-11-14/h12-14,16H,4-11H2,1-3H3. The van der Waals surface area contributed by atoms with Crippen LogP contribution in [0.2, 0.25) is 0 Å². The van der Waals surface area contributed by atoms with Crippen molar-refractivity contribution in [2.24, 2.45) is 17.3 Å². The molecule has 17 heavy (non-hydrogen) atoms. The summed E-state index contributed by atoms with van der Waals surface area (Å²) in [6.45, 7) is 8.51. The molecule has 1 saturated carbocycles. The van der Waals surface area contributed by atoms with Crippen LogP contribution in [0.4, 0.5) is 0 Å². The van der Waals surface area contributed by atoms with E-state index in [1.807, 2.05) is 0 Å². The lowest BCUT2D eigenvalue weighted by Crippen LogP contribution is -2.35. The molecular formula is C15H29NS. The van der Waals surface area contributed by atoms with Gasteiger partial charge in [0.15, 0.2) is 0 Å². The summed E-state index contributed by atoms with van der Waals surface area (Å²) < 4.78 is 0. The van der Waals surface area contributed by atoms with Crippen molar-refractivity contribution >= 4 is 11.8 Å². The zero-order valence-corrected chi connectivity index (χ0v) is 12.6. The summed E-state index contributed by atoms with van der Waals surface area (Å²) in [5.41, 5.74) is 0.528. The van der Waals surface area contributed by atoms with Gasteiger partial charge < -0.3 is 5.32 Å². The Morgan fingerprint density at radius 2 is 1.76 bits per heavy atom. The van der Waals surface area contributed by atoms with Crippen LogP contribution in [0.3, 0.4) is 0 Å². The van der Waals surface area contributed by atoms with Gasteiger partial charge in [-0.25, -0.2) is 0 Å². The molecule has 1 N–H and O–H groups in total. The third-order valence-corrected chi connectivity index (χ3v) is 5.86. The normalized spacial score (nSPS) is 35.1. The molecule has 0 aromatic heterocycles. The van der Waals surface area contributed by atoms with Gasteiger partial charge in [0.2, 0.25) is 0 Å². The molecule has 1 nitrogen and oxygen atoms in total. The highest BCUT2D eigenvalue weighted by Crippen LogP contribution is 2.39. The van der Waals surface area contributed by atoms with E-state index in [4.69, 9.17) is 0 Å². The van der Waals surface area contributed by atoms with Crippen LogP contribution < -0.4 is 5.32 Å². The molecule has 2 heteroatoms. The molecule has 2 aliphatic rings. The fourth-order valence-electron chi connectivity index (χ4n) is 3.26. The van der Waals surface area contributed by atoms with Gasteiger partial charge in [-0.1, -0.05) is 20.8 Å². The zero-order valence-electron chi connectivity index (χ0n) is 11.8. The van der Waals surface area contributed by atoms with Crippen LogP contribution in [-0.2, 0) is 0 Å². The summed E-state index contributed by atoms with van der Waals surface area (Å²) in [5, 5.41) is 3.78. The molecule has 1 saturated heterocycles. The molecule has 1 heterocycles. The summed E-state index contributed by atoms with van der Waals surface area (Å²) in [6.07, 6.45) is 7.20. The van der Waals surface area contributed by atoms with Gasteiger partial charge in [-0.05, 0) is 61.7 Å². The third-order valence-electron chi connectivity index (χ3n) is 4.70. The van der Waals surface area contributed by atoms with Crippen LogP contribution in [0.5, 0.6) is 0 Å². The Hall–Kier alpha value is 0.310. The van der Waals surface area contributed by atoms with Crippen molar-refractivity contribution < 1.29 is 0 Å². The van der Waals surface area contributed by atoms with Crippen LogP contribution in [0.1, 0.15) is 52.9 Å². The summed E-state index contributed by atoms with van der Waals surface area (Å²) in [7, 11) is 0. The van der Waals surface area contributed by atoms with E-state index in [2.05, 4.69) is 37.8 Å². The smallest absolute Gasteiger partial charge is 0.0166 e. The molecule has 2 rings (SSSR count). The maximum atomic E-state index is 3.78. The summed E-state index contributed by atoms with van der Waals surface area (Å²) in [4.78, 5) is 0. The number of hydrogen-bond acceptors (Lipinski definition) is 2. The molecule has 0 aromatic rings. The summed E-state index contributed by atoms with van der Waals surface area (Å²) in [6, 6.07) is 0.820. The number of hydrogen-bond donors (Lipinski definition) is 1. The van der Waals surface area contributed by atoms with Crippen molar-refractivity contribution in [2.45, 2.75) is 58.9 Å². The molecule has 1 aliphatic heterocycles. The summed E-state index contributed by atoms with van der Waals surface area (Å²) >= 11 is 2.11. The van der Waals surface area contributed by atoms with E-state index in [1.165, 1.54) is 50.2 Å². The molecule has 1 aliphatic carbocycles. The van der Waals surface area contributed by atoms with E-state index in [1.54, 1.807) is 0 Å². The minimum atomic E-state index is 0.528. The average molecular weight is 255 g/mol. The van der Waals surface area contributed by atoms with Gasteiger partial charge in [-0.3, -0.25) is 0 Å². The SMILES string of the molecule is CC(C)(C)C1CCC(CNC2CCSC2)CC1. The first-order valence-corrected chi connectivity index (χ1v) is 8.52. The van der Waals surface area contributed by atoms with Gasteiger partial charge >= 0.3 is 0 Å². The second-order valence-electron chi connectivity index (χ2n) is 7.05. The lowest BCUT2D eigenvalue weighted by Gasteiger charge is -2.37. The Labute approximate surface area is 112 Å². The zero-order chi connectivity index (χ0) is 12.3.